The van der Waals surface area contributed by atoms with Crippen LogP contribution in [0.15, 0.2) is 115 Å². The Hall–Kier alpha value is -5.10. The van der Waals surface area contributed by atoms with E-state index in [0.717, 1.165) is 56.6 Å². The number of benzene rings is 6. The first-order chi connectivity index (χ1) is 29.1. The van der Waals surface area contributed by atoms with Crippen LogP contribution in [-0.2, 0) is 39.4 Å². The maximum absolute atomic E-state index is 15.2. The van der Waals surface area contributed by atoms with Gasteiger partial charge in [0.15, 0.2) is 0 Å². The molecule has 6 aromatic carbocycles. The second kappa shape index (κ2) is 16.4. The van der Waals surface area contributed by atoms with Gasteiger partial charge >= 0.3 is 12.4 Å². The van der Waals surface area contributed by atoms with Gasteiger partial charge in [-0.15, -0.1) is 0 Å². The lowest BCUT2D eigenvalue weighted by Gasteiger charge is -2.28. The van der Waals surface area contributed by atoms with Gasteiger partial charge in [-0.1, -0.05) is 177 Å². The van der Waals surface area contributed by atoms with E-state index in [9.17, 15) is 0 Å². The Balaban J connectivity index is 1.91. The summed E-state index contributed by atoms with van der Waals surface area (Å²) in [6.45, 7) is 31.7. The van der Waals surface area contributed by atoms with Crippen LogP contribution in [0, 0.1) is 0 Å². The number of rotatable bonds is 5. The SMILES string of the molecule is CC(C)(C)c1cc(-c2cc(-c3cc(C(C)(C)C)cc(C(C)(C)C)c3)cc(-c3c(-c4ccccc4C(F)(F)F)cc(C(C)(C)C)cc3-c3ccccc3C(F)(F)F)c2)cc(C(C)(C)C)c1. The van der Waals surface area contributed by atoms with Gasteiger partial charge in [-0.2, -0.15) is 26.3 Å². The Morgan fingerprint density at radius 2 is 0.516 bits per heavy atom. The summed E-state index contributed by atoms with van der Waals surface area (Å²) in [5.41, 5.74) is 6.13. The molecule has 0 saturated heterocycles. The summed E-state index contributed by atoms with van der Waals surface area (Å²) in [5.74, 6) is 0. The maximum atomic E-state index is 15.2. The summed E-state index contributed by atoms with van der Waals surface area (Å²) >= 11 is 0. The van der Waals surface area contributed by atoms with Gasteiger partial charge in [0, 0.05) is 0 Å². The van der Waals surface area contributed by atoms with Crippen LogP contribution in [0.3, 0.4) is 0 Å². The average Bonchev–Trinajstić information content (AvgIpc) is 3.17. The van der Waals surface area contributed by atoms with Gasteiger partial charge in [0.2, 0.25) is 0 Å². The monoisotopic (exact) mass is 874 g/mol. The third-order valence-corrected chi connectivity index (χ3v) is 12.3. The Morgan fingerprint density at radius 3 is 0.797 bits per heavy atom. The molecule has 0 heterocycles. The summed E-state index contributed by atoms with van der Waals surface area (Å²) in [4.78, 5) is 0. The molecule has 338 valence electrons. The van der Waals surface area contributed by atoms with Crippen LogP contribution in [0.25, 0.3) is 55.6 Å². The quantitative estimate of drug-likeness (QED) is 0.151. The van der Waals surface area contributed by atoms with Crippen molar-refractivity contribution in [3.05, 3.63) is 154 Å². The van der Waals surface area contributed by atoms with Crippen LogP contribution in [0.1, 0.15) is 143 Å². The van der Waals surface area contributed by atoms with Crippen LogP contribution >= 0.6 is 0 Å². The number of hydrogen-bond donors (Lipinski definition) is 0. The molecule has 6 heteroatoms. The molecule has 0 radical (unpaired) electrons. The summed E-state index contributed by atoms with van der Waals surface area (Å²) in [7, 11) is 0. The average molecular weight is 875 g/mol. The summed E-state index contributed by atoms with van der Waals surface area (Å²) in [5, 5.41) is 0. The molecule has 0 bridgehead atoms. The lowest BCUT2D eigenvalue weighted by molar-refractivity contribution is -0.137. The second-order valence-electron chi connectivity index (χ2n) is 22.7. The highest BCUT2D eigenvalue weighted by atomic mass is 19.4. The second-order valence-corrected chi connectivity index (χ2v) is 22.7. The summed E-state index contributed by atoms with van der Waals surface area (Å²) in [6, 6.07) is 33.5. The van der Waals surface area contributed by atoms with Gasteiger partial charge in [0.05, 0.1) is 11.1 Å². The molecule has 0 unspecified atom stereocenters. The van der Waals surface area contributed by atoms with Gasteiger partial charge < -0.3 is 0 Å². The zero-order valence-electron chi connectivity index (χ0n) is 40.2. The van der Waals surface area contributed by atoms with E-state index < -0.39 is 28.9 Å². The molecule has 64 heavy (non-hydrogen) atoms. The molecule has 0 amide bonds. The molecule has 0 N–H and O–H groups in total. The van der Waals surface area contributed by atoms with E-state index in [1.165, 1.54) is 24.3 Å². The third-order valence-electron chi connectivity index (χ3n) is 12.3. The Bertz CT molecular complexity index is 2450. The number of halogens is 6. The van der Waals surface area contributed by atoms with Crippen molar-refractivity contribution in [2.24, 2.45) is 0 Å². The molecular weight excluding hydrogens is 811 g/mol. The van der Waals surface area contributed by atoms with Crippen LogP contribution in [0.5, 0.6) is 0 Å². The van der Waals surface area contributed by atoms with E-state index in [0.29, 0.717) is 11.1 Å². The van der Waals surface area contributed by atoms with E-state index in [-0.39, 0.29) is 49.5 Å². The van der Waals surface area contributed by atoms with Gasteiger partial charge in [-0.3, -0.25) is 0 Å². The van der Waals surface area contributed by atoms with E-state index in [1.807, 2.05) is 32.9 Å². The lowest BCUT2D eigenvalue weighted by Crippen LogP contribution is -2.16. The smallest absolute Gasteiger partial charge is 0.166 e. The molecule has 0 saturated carbocycles. The van der Waals surface area contributed by atoms with Gasteiger partial charge in [-0.05, 0) is 153 Å². The topological polar surface area (TPSA) is 0 Å². The predicted octanol–water partition coefficient (Wildman–Crippen LogP) is 18.5. The number of hydrogen-bond acceptors (Lipinski definition) is 0. The van der Waals surface area contributed by atoms with E-state index >= 15 is 26.3 Å². The third kappa shape index (κ3) is 10.4. The normalized spacial score (nSPS) is 13.4. The highest BCUT2D eigenvalue weighted by Gasteiger charge is 2.37. The minimum atomic E-state index is -4.75. The molecule has 0 nitrogen and oxygen atoms in total. The molecule has 0 spiro atoms. The summed E-state index contributed by atoms with van der Waals surface area (Å²) < 4.78 is 91.2. The molecule has 6 rings (SSSR count). The van der Waals surface area contributed by atoms with Crippen molar-refractivity contribution in [2.45, 2.75) is 143 Å². The first kappa shape index (κ1) is 48.4. The highest BCUT2D eigenvalue weighted by molar-refractivity contribution is 5.99. The molecule has 6 aromatic rings. The molecule has 0 aliphatic carbocycles. The maximum Gasteiger partial charge on any atom is 0.417 e. The summed E-state index contributed by atoms with van der Waals surface area (Å²) in [6.07, 6.45) is -9.51. The van der Waals surface area contributed by atoms with Crippen molar-refractivity contribution in [1.29, 1.82) is 0 Å². The Kier molecular flexibility index (Phi) is 12.4. The lowest BCUT2D eigenvalue weighted by atomic mass is 9.76. The van der Waals surface area contributed by atoms with Crippen LogP contribution in [0.4, 0.5) is 26.3 Å². The van der Waals surface area contributed by atoms with Crippen LogP contribution < -0.4 is 0 Å². The van der Waals surface area contributed by atoms with E-state index in [1.54, 1.807) is 24.3 Å². The van der Waals surface area contributed by atoms with Crippen molar-refractivity contribution in [2.75, 3.05) is 0 Å². The zero-order chi connectivity index (χ0) is 47.7. The van der Waals surface area contributed by atoms with Crippen molar-refractivity contribution in [3.63, 3.8) is 0 Å². The van der Waals surface area contributed by atoms with Gasteiger partial charge in [0.25, 0.3) is 0 Å². The van der Waals surface area contributed by atoms with Gasteiger partial charge in [0.1, 0.15) is 0 Å². The van der Waals surface area contributed by atoms with Crippen molar-refractivity contribution in [3.8, 4) is 55.6 Å². The van der Waals surface area contributed by atoms with Crippen LogP contribution in [-0.4, -0.2) is 0 Å². The van der Waals surface area contributed by atoms with E-state index in [4.69, 9.17) is 0 Å². The molecule has 0 aliphatic heterocycles. The minimum absolute atomic E-state index is 0.108. The molecule has 0 aromatic heterocycles. The van der Waals surface area contributed by atoms with Crippen LogP contribution in [0.2, 0.25) is 0 Å². The Labute approximate surface area is 378 Å². The molecule has 0 fully saturated rings. The Morgan fingerprint density at radius 1 is 0.266 bits per heavy atom. The molecule has 0 aliphatic rings. The first-order valence-electron chi connectivity index (χ1n) is 22.1. The molecular formula is C58H64F6. The van der Waals surface area contributed by atoms with Crippen molar-refractivity contribution < 1.29 is 26.3 Å². The fraction of sp³-hybridized carbons (Fsp3) is 0.379. The number of alkyl halides is 6. The largest absolute Gasteiger partial charge is 0.417 e. The zero-order valence-corrected chi connectivity index (χ0v) is 40.2. The predicted molar refractivity (Wildman–Crippen MR) is 257 cm³/mol. The minimum Gasteiger partial charge on any atom is -0.166 e. The van der Waals surface area contributed by atoms with E-state index in [2.05, 4.69) is 126 Å². The fourth-order valence-corrected chi connectivity index (χ4v) is 8.17. The first-order valence-corrected chi connectivity index (χ1v) is 22.1. The fourth-order valence-electron chi connectivity index (χ4n) is 8.17. The highest BCUT2D eigenvalue weighted by Crippen LogP contribution is 2.51. The van der Waals surface area contributed by atoms with Crippen molar-refractivity contribution >= 4 is 0 Å². The molecule has 0 atom stereocenters. The standard InChI is InChI=1S/C58H64F6/c1-52(2,3)40-27-37(28-41(31-40)53(4,5)6)35-24-36(38-29-42(54(7,8)9)32-43(30-38)55(10,11)12)26-39(25-35)51-47(45-20-16-18-22-49(45)57(59,60)61)33-44(56(13,14)15)34-48(51)46-21-17-19-23-50(46)58(62,63)64/h16-34H,1-15H3. The van der Waals surface area contributed by atoms with Crippen molar-refractivity contribution in [1.82, 2.24) is 0 Å². The van der Waals surface area contributed by atoms with Gasteiger partial charge in [-0.25, -0.2) is 0 Å².